The minimum absolute atomic E-state index is 0.00227. The molecule has 2 rings (SSSR count). The van der Waals surface area contributed by atoms with Crippen LogP contribution in [0.5, 0.6) is 0 Å². The van der Waals surface area contributed by atoms with Crippen LogP contribution in [0.15, 0.2) is 41.3 Å². The maximum absolute atomic E-state index is 12.4. The molecular formula is C16H14Cl4N2O3S. The third-order valence-electron chi connectivity index (χ3n) is 3.38. The van der Waals surface area contributed by atoms with Gasteiger partial charge in [-0.15, -0.1) is 0 Å². The van der Waals surface area contributed by atoms with Gasteiger partial charge in [-0.05, 0) is 42.8 Å². The summed E-state index contributed by atoms with van der Waals surface area (Å²) in [7, 11) is -4.03. The van der Waals surface area contributed by atoms with E-state index >= 15 is 0 Å². The zero-order valence-corrected chi connectivity index (χ0v) is 17.2. The molecule has 26 heavy (non-hydrogen) atoms. The van der Waals surface area contributed by atoms with Crippen molar-refractivity contribution in [2.24, 2.45) is 0 Å². The molecule has 0 bridgehead atoms. The van der Waals surface area contributed by atoms with Crippen LogP contribution in [0.25, 0.3) is 0 Å². The summed E-state index contributed by atoms with van der Waals surface area (Å²) in [6, 6.07) is 7.87. The zero-order valence-electron chi connectivity index (χ0n) is 13.4. The Morgan fingerprint density at radius 3 is 2.27 bits per heavy atom. The molecule has 0 saturated carbocycles. The fourth-order valence-electron chi connectivity index (χ4n) is 2.03. The first kappa shape index (κ1) is 21.3. The average molecular weight is 456 g/mol. The topological polar surface area (TPSA) is 75.3 Å². The van der Waals surface area contributed by atoms with Crippen LogP contribution in [-0.2, 0) is 21.4 Å². The fourth-order valence-corrected chi connectivity index (χ4v) is 4.47. The molecule has 0 aliphatic heterocycles. The van der Waals surface area contributed by atoms with E-state index in [-0.39, 0.29) is 21.5 Å². The molecular weight excluding hydrogens is 442 g/mol. The van der Waals surface area contributed by atoms with Gasteiger partial charge in [0.2, 0.25) is 15.9 Å². The maximum Gasteiger partial charge on any atom is 0.242 e. The van der Waals surface area contributed by atoms with E-state index in [1.807, 2.05) is 0 Å². The Bertz CT molecular complexity index is 935. The monoisotopic (exact) mass is 454 g/mol. The van der Waals surface area contributed by atoms with E-state index in [1.54, 1.807) is 18.2 Å². The van der Waals surface area contributed by atoms with Crippen molar-refractivity contribution in [3.63, 3.8) is 0 Å². The molecule has 0 unspecified atom stereocenters. The average Bonchev–Trinajstić information content (AvgIpc) is 2.55. The second-order valence-corrected chi connectivity index (χ2v) is 8.74. The molecule has 2 aromatic carbocycles. The van der Waals surface area contributed by atoms with Crippen molar-refractivity contribution >= 4 is 62.3 Å². The van der Waals surface area contributed by atoms with Crippen LogP contribution < -0.4 is 10.0 Å². The van der Waals surface area contributed by atoms with Crippen LogP contribution in [0.4, 0.5) is 0 Å². The Balaban J connectivity index is 2.05. The maximum atomic E-state index is 12.4. The van der Waals surface area contributed by atoms with E-state index in [0.717, 1.165) is 0 Å². The molecule has 0 spiro atoms. The van der Waals surface area contributed by atoms with E-state index in [9.17, 15) is 13.2 Å². The van der Waals surface area contributed by atoms with Crippen LogP contribution in [0.1, 0.15) is 12.5 Å². The number of amides is 1. The van der Waals surface area contributed by atoms with E-state index in [1.165, 1.54) is 25.1 Å². The van der Waals surface area contributed by atoms with Gasteiger partial charge < -0.3 is 5.32 Å². The van der Waals surface area contributed by atoms with Gasteiger partial charge >= 0.3 is 0 Å². The molecule has 0 aliphatic rings. The summed E-state index contributed by atoms with van der Waals surface area (Å²) in [4.78, 5) is 12.0. The molecule has 0 radical (unpaired) electrons. The van der Waals surface area contributed by atoms with Crippen molar-refractivity contribution in [2.45, 2.75) is 24.4 Å². The number of carbonyl (C=O) groups excluding carboxylic acids is 1. The number of rotatable bonds is 6. The molecule has 0 aromatic heterocycles. The minimum Gasteiger partial charge on any atom is -0.351 e. The number of benzene rings is 2. The third-order valence-corrected chi connectivity index (χ3v) is 6.22. The van der Waals surface area contributed by atoms with Crippen LogP contribution in [0.2, 0.25) is 20.1 Å². The predicted octanol–water partition coefficient (Wildman–Crippen LogP) is 4.28. The quantitative estimate of drug-likeness (QED) is 0.682. The van der Waals surface area contributed by atoms with Gasteiger partial charge in [0.15, 0.2) is 0 Å². The smallest absolute Gasteiger partial charge is 0.242 e. The number of halogens is 4. The first-order valence-electron chi connectivity index (χ1n) is 7.29. The highest BCUT2D eigenvalue weighted by molar-refractivity contribution is 7.89. The Labute approximate surface area is 171 Å². The molecule has 0 fully saturated rings. The van der Waals surface area contributed by atoms with E-state index in [0.29, 0.717) is 15.6 Å². The highest BCUT2D eigenvalue weighted by atomic mass is 35.5. The number of carbonyl (C=O) groups is 1. The van der Waals surface area contributed by atoms with Crippen LogP contribution in [-0.4, -0.2) is 20.4 Å². The van der Waals surface area contributed by atoms with Crippen LogP contribution in [0, 0.1) is 0 Å². The Kier molecular flexibility index (Phi) is 7.19. The Morgan fingerprint density at radius 2 is 1.62 bits per heavy atom. The molecule has 2 aromatic rings. The highest BCUT2D eigenvalue weighted by Crippen LogP contribution is 2.25. The molecule has 5 nitrogen and oxygen atoms in total. The Morgan fingerprint density at radius 1 is 1.00 bits per heavy atom. The van der Waals surface area contributed by atoms with Crippen molar-refractivity contribution in [2.75, 3.05) is 0 Å². The van der Waals surface area contributed by atoms with E-state index < -0.39 is 22.0 Å². The summed E-state index contributed by atoms with van der Waals surface area (Å²) >= 11 is 23.6. The van der Waals surface area contributed by atoms with Crippen LogP contribution >= 0.6 is 46.4 Å². The summed E-state index contributed by atoms with van der Waals surface area (Å²) in [5.74, 6) is -0.530. The fraction of sp³-hybridized carbons (Fsp3) is 0.188. The van der Waals surface area contributed by atoms with Gasteiger partial charge in [0.25, 0.3) is 0 Å². The molecule has 1 amide bonds. The lowest BCUT2D eigenvalue weighted by molar-refractivity contribution is -0.122. The molecule has 1 atom stereocenters. The van der Waals surface area contributed by atoms with Crippen molar-refractivity contribution in [3.05, 3.63) is 62.1 Å². The second kappa shape index (κ2) is 8.78. The molecule has 0 aliphatic carbocycles. The SMILES string of the molecule is C[C@H](NS(=O)(=O)c1cc(Cl)ccc1Cl)C(=O)NCc1ccc(Cl)cc1Cl. The normalized spacial score (nSPS) is 12.7. The summed E-state index contributed by atoms with van der Waals surface area (Å²) in [5.41, 5.74) is 0.650. The van der Waals surface area contributed by atoms with Crippen molar-refractivity contribution in [1.82, 2.24) is 10.0 Å². The lowest BCUT2D eigenvalue weighted by Gasteiger charge is -2.15. The second-order valence-electron chi connectivity index (χ2n) is 5.37. The zero-order chi connectivity index (χ0) is 19.5. The summed E-state index contributed by atoms with van der Waals surface area (Å²) in [6.07, 6.45) is 0. The van der Waals surface area contributed by atoms with Gasteiger partial charge in [-0.1, -0.05) is 52.5 Å². The van der Waals surface area contributed by atoms with Crippen molar-refractivity contribution in [3.8, 4) is 0 Å². The molecule has 0 saturated heterocycles. The third kappa shape index (κ3) is 5.49. The predicted molar refractivity (Wildman–Crippen MR) is 105 cm³/mol. The van der Waals surface area contributed by atoms with Crippen molar-refractivity contribution in [1.29, 1.82) is 0 Å². The standard InChI is InChI=1S/C16H14Cl4N2O3S/c1-9(16(23)21-8-10-2-3-11(17)6-14(10)20)22-26(24,25)15-7-12(18)4-5-13(15)19/h2-7,9,22H,8H2,1H3,(H,21,23)/t9-/m0/s1. The summed E-state index contributed by atoms with van der Waals surface area (Å²) in [5, 5.41) is 3.70. The highest BCUT2D eigenvalue weighted by Gasteiger charge is 2.24. The minimum atomic E-state index is -4.03. The van der Waals surface area contributed by atoms with Gasteiger partial charge in [-0.25, -0.2) is 8.42 Å². The first-order valence-corrected chi connectivity index (χ1v) is 10.3. The summed E-state index contributed by atoms with van der Waals surface area (Å²) in [6.45, 7) is 1.54. The van der Waals surface area contributed by atoms with Gasteiger partial charge in [0, 0.05) is 21.6 Å². The Hall–Kier alpha value is -1.02. The lowest BCUT2D eigenvalue weighted by Crippen LogP contribution is -2.44. The van der Waals surface area contributed by atoms with Gasteiger partial charge in [-0.2, -0.15) is 4.72 Å². The number of nitrogens with one attached hydrogen (secondary N) is 2. The molecule has 10 heteroatoms. The summed E-state index contributed by atoms with van der Waals surface area (Å²) < 4.78 is 27.1. The molecule has 0 heterocycles. The molecule has 140 valence electrons. The van der Waals surface area contributed by atoms with Crippen molar-refractivity contribution < 1.29 is 13.2 Å². The van der Waals surface area contributed by atoms with E-state index in [4.69, 9.17) is 46.4 Å². The van der Waals surface area contributed by atoms with Gasteiger partial charge in [-0.3, -0.25) is 4.79 Å². The number of hydrogen-bond donors (Lipinski definition) is 2. The van der Waals surface area contributed by atoms with Gasteiger partial charge in [0.05, 0.1) is 11.1 Å². The number of hydrogen-bond acceptors (Lipinski definition) is 3. The number of sulfonamides is 1. The lowest BCUT2D eigenvalue weighted by atomic mass is 10.2. The van der Waals surface area contributed by atoms with Gasteiger partial charge in [0.1, 0.15) is 4.90 Å². The van der Waals surface area contributed by atoms with E-state index in [2.05, 4.69) is 10.0 Å². The largest absolute Gasteiger partial charge is 0.351 e. The first-order chi connectivity index (χ1) is 12.1. The van der Waals surface area contributed by atoms with Crippen LogP contribution in [0.3, 0.4) is 0 Å². The molecule has 2 N–H and O–H groups in total.